The van der Waals surface area contributed by atoms with E-state index in [1.807, 2.05) is 6.07 Å². The molecule has 20 heavy (non-hydrogen) atoms. The molecule has 0 aliphatic carbocycles. The van der Waals surface area contributed by atoms with Crippen molar-refractivity contribution in [1.29, 1.82) is 0 Å². The second-order valence-corrected chi connectivity index (χ2v) is 6.40. The molecule has 1 aliphatic heterocycles. The molecule has 110 valence electrons. The first-order valence-corrected chi connectivity index (χ1v) is 8.19. The second-order valence-electron chi connectivity index (χ2n) is 5.54. The number of halogens is 1. The summed E-state index contributed by atoms with van der Waals surface area (Å²) < 4.78 is 0.881. The van der Waals surface area contributed by atoms with Crippen LogP contribution in [0.15, 0.2) is 22.7 Å². The maximum Gasteiger partial charge on any atom is 0.335 e. The fourth-order valence-corrected chi connectivity index (χ4v) is 3.63. The van der Waals surface area contributed by atoms with Crippen LogP contribution in [0.4, 0.5) is 5.69 Å². The Balaban J connectivity index is 2.09. The summed E-state index contributed by atoms with van der Waals surface area (Å²) in [5.41, 5.74) is 1.45. The Morgan fingerprint density at radius 2 is 2.20 bits per heavy atom. The van der Waals surface area contributed by atoms with Crippen LogP contribution in [0.25, 0.3) is 0 Å². The Hall–Kier alpha value is -1.03. The van der Waals surface area contributed by atoms with E-state index >= 15 is 0 Å². The van der Waals surface area contributed by atoms with Crippen LogP contribution < -0.4 is 4.90 Å². The quantitative estimate of drug-likeness (QED) is 0.874. The van der Waals surface area contributed by atoms with Gasteiger partial charge in [0, 0.05) is 17.6 Å². The van der Waals surface area contributed by atoms with Crippen molar-refractivity contribution in [2.75, 3.05) is 18.0 Å². The summed E-state index contributed by atoms with van der Waals surface area (Å²) in [7, 11) is 0. The molecule has 0 radical (unpaired) electrons. The molecule has 1 aromatic rings. The molecule has 4 heteroatoms. The Morgan fingerprint density at radius 3 is 2.85 bits per heavy atom. The summed E-state index contributed by atoms with van der Waals surface area (Å²) in [6, 6.07) is 5.32. The Bertz CT molecular complexity index is 476. The SMILES string of the molecule is CCCC1CCCN(c2ccc(C(=O)O)cc2Br)CC1. The van der Waals surface area contributed by atoms with E-state index in [0.717, 1.165) is 29.2 Å². The Morgan fingerprint density at radius 1 is 1.40 bits per heavy atom. The maximum absolute atomic E-state index is 11.0. The van der Waals surface area contributed by atoms with E-state index in [1.165, 1.54) is 32.1 Å². The number of anilines is 1. The summed E-state index contributed by atoms with van der Waals surface area (Å²) >= 11 is 3.52. The zero-order valence-corrected chi connectivity index (χ0v) is 13.5. The number of benzene rings is 1. The number of carboxylic acid groups (broad SMARTS) is 1. The van der Waals surface area contributed by atoms with Crippen molar-refractivity contribution in [3.05, 3.63) is 28.2 Å². The number of aromatic carboxylic acids is 1. The zero-order chi connectivity index (χ0) is 14.5. The van der Waals surface area contributed by atoms with Gasteiger partial charge in [-0.15, -0.1) is 0 Å². The highest BCUT2D eigenvalue weighted by molar-refractivity contribution is 9.10. The fourth-order valence-electron chi connectivity index (χ4n) is 3.00. The van der Waals surface area contributed by atoms with E-state index in [-0.39, 0.29) is 0 Å². The highest BCUT2D eigenvalue weighted by Crippen LogP contribution is 2.31. The number of hydrogen-bond donors (Lipinski definition) is 1. The van der Waals surface area contributed by atoms with Crippen molar-refractivity contribution < 1.29 is 9.90 Å². The average molecular weight is 340 g/mol. The minimum atomic E-state index is -0.879. The van der Waals surface area contributed by atoms with Gasteiger partial charge in [0.05, 0.1) is 11.3 Å². The van der Waals surface area contributed by atoms with E-state index in [2.05, 4.69) is 27.8 Å². The minimum absolute atomic E-state index is 0.333. The molecule has 0 bridgehead atoms. The lowest BCUT2D eigenvalue weighted by Crippen LogP contribution is -2.24. The van der Waals surface area contributed by atoms with Crippen LogP contribution in [0.3, 0.4) is 0 Å². The molecular formula is C16H22BrNO2. The lowest BCUT2D eigenvalue weighted by atomic mass is 9.96. The van der Waals surface area contributed by atoms with Gasteiger partial charge in [0.15, 0.2) is 0 Å². The number of hydrogen-bond acceptors (Lipinski definition) is 2. The molecule has 1 fully saturated rings. The van der Waals surface area contributed by atoms with E-state index < -0.39 is 5.97 Å². The Kier molecular flexibility index (Phi) is 5.46. The van der Waals surface area contributed by atoms with E-state index in [0.29, 0.717) is 5.56 Å². The standard InChI is InChI=1S/C16H22BrNO2/c1-2-4-12-5-3-9-18(10-8-12)15-7-6-13(16(19)20)11-14(15)17/h6-7,11-12H,2-5,8-10H2,1H3,(H,19,20). The predicted octanol–water partition coefficient (Wildman–Crippen LogP) is 4.55. The highest BCUT2D eigenvalue weighted by atomic mass is 79.9. The third-order valence-corrected chi connectivity index (χ3v) is 4.72. The molecule has 1 aliphatic rings. The molecule has 1 aromatic carbocycles. The van der Waals surface area contributed by atoms with Crippen molar-refractivity contribution in [3.8, 4) is 0 Å². The average Bonchev–Trinajstić information content (AvgIpc) is 2.65. The fraction of sp³-hybridized carbons (Fsp3) is 0.562. The molecule has 0 spiro atoms. The summed E-state index contributed by atoms with van der Waals surface area (Å²) in [4.78, 5) is 13.4. The van der Waals surface area contributed by atoms with Crippen molar-refractivity contribution in [2.45, 2.75) is 39.0 Å². The molecular weight excluding hydrogens is 318 g/mol. The molecule has 1 N–H and O–H groups in total. The summed E-state index contributed by atoms with van der Waals surface area (Å²) in [5.74, 6) is -0.0294. The van der Waals surface area contributed by atoms with E-state index in [9.17, 15) is 4.79 Å². The highest BCUT2D eigenvalue weighted by Gasteiger charge is 2.18. The molecule has 1 saturated heterocycles. The molecule has 1 heterocycles. The number of nitrogens with zero attached hydrogens (tertiary/aromatic N) is 1. The zero-order valence-electron chi connectivity index (χ0n) is 11.9. The molecule has 0 amide bonds. The number of rotatable bonds is 4. The minimum Gasteiger partial charge on any atom is -0.478 e. The lowest BCUT2D eigenvalue weighted by Gasteiger charge is -2.24. The third-order valence-electron chi connectivity index (χ3n) is 4.08. The third kappa shape index (κ3) is 3.75. The first-order valence-electron chi connectivity index (χ1n) is 7.39. The van der Waals surface area contributed by atoms with Crippen LogP contribution >= 0.6 is 15.9 Å². The monoisotopic (exact) mass is 339 g/mol. The maximum atomic E-state index is 11.0. The van der Waals surface area contributed by atoms with Crippen LogP contribution in [0.5, 0.6) is 0 Å². The first kappa shape index (κ1) is 15.4. The first-order chi connectivity index (χ1) is 9.61. The van der Waals surface area contributed by atoms with Gasteiger partial charge in [-0.3, -0.25) is 0 Å². The topological polar surface area (TPSA) is 40.5 Å². The predicted molar refractivity (Wildman–Crippen MR) is 85.6 cm³/mol. The smallest absolute Gasteiger partial charge is 0.335 e. The van der Waals surface area contributed by atoms with Crippen molar-refractivity contribution in [3.63, 3.8) is 0 Å². The summed E-state index contributed by atoms with van der Waals surface area (Å²) in [6.45, 7) is 4.38. The second kappa shape index (κ2) is 7.11. The van der Waals surface area contributed by atoms with Gasteiger partial charge in [0.25, 0.3) is 0 Å². The van der Waals surface area contributed by atoms with Gasteiger partial charge in [-0.1, -0.05) is 19.8 Å². The molecule has 1 atom stereocenters. The van der Waals surface area contributed by atoms with Gasteiger partial charge < -0.3 is 10.0 Å². The van der Waals surface area contributed by atoms with Gasteiger partial charge >= 0.3 is 5.97 Å². The molecule has 1 unspecified atom stereocenters. The van der Waals surface area contributed by atoms with Crippen LogP contribution in [0.1, 0.15) is 49.4 Å². The van der Waals surface area contributed by atoms with Gasteiger partial charge in [-0.25, -0.2) is 4.79 Å². The summed E-state index contributed by atoms with van der Waals surface area (Å²) in [6.07, 6.45) is 6.36. The van der Waals surface area contributed by atoms with Crippen LogP contribution in [0, 0.1) is 5.92 Å². The molecule has 2 rings (SSSR count). The van der Waals surface area contributed by atoms with Gasteiger partial charge in [0.2, 0.25) is 0 Å². The molecule has 0 aromatic heterocycles. The van der Waals surface area contributed by atoms with E-state index in [4.69, 9.17) is 5.11 Å². The summed E-state index contributed by atoms with van der Waals surface area (Å²) in [5, 5.41) is 9.01. The van der Waals surface area contributed by atoms with Crippen LogP contribution in [-0.4, -0.2) is 24.2 Å². The lowest BCUT2D eigenvalue weighted by molar-refractivity contribution is 0.0697. The van der Waals surface area contributed by atoms with Gasteiger partial charge in [-0.2, -0.15) is 0 Å². The van der Waals surface area contributed by atoms with Crippen molar-refractivity contribution >= 4 is 27.6 Å². The molecule has 0 saturated carbocycles. The molecule has 3 nitrogen and oxygen atoms in total. The number of carbonyl (C=O) groups is 1. The normalized spacial score (nSPS) is 19.7. The van der Waals surface area contributed by atoms with Crippen LogP contribution in [0.2, 0.25) is 0 Å². The van der Waals surface area contributed by atoms with Crippen LogP contribution in [-0.2, 0) is 0 Å². The van der Waals surface area contributed by atoms with Gasteiger partial charge in [-0.05, 0) is 59.3 Å². The van der Waals surface area contributed by atoms with Crippen molar-refractivity contribution in [1.82, 2.24) is 0 Å². The Labute approximate surface area is 129 Å². The van der Waals surface area contributed by atoms with Crippen molar-refractivity contribution in [2.24, 2.45) is 5.92 Å². The van der Waals surface area contributed by atoms with E-state index in [1.54, 1.807) is 12.1 Å². The number of carboxylic acids is 1. The largest absolute Gasteiger partial charge is 0.478 e. The van der Waals surface area contributed by atoms with Gasteiger partial charge in [0.1, 0.15) is 0 Å².